The minimum absolute atomic E-state index is 0.443. The maximum absolute atomic E-state index is 5.43. The average molecular weight is 194 g/mol. The van der Waals surface area contributed by atoms with Gasteiger partial charge in [0.05, 0.1) is 12.7 Å². The van der Waals surface area contributed by atoms with E-state index in [2.05, 4.69) is 21.2 Å². The van der Waals surface area contributed by atoms with E-state index < -0.39 is 0 Å². The Hall–Kier alpha value is 0.400. The molecule has 0 amide bonds. The van der Waals surface area contributed by atoms with Crippen molar-refractivity contribution in [3.8, 4) is 0 Å². The zero-order chi connectivity index (χ0) is 6.53. The first-order chi connectivity index (χ1) is 4.43. The third-order valence-electron chi connectivity index (χ3n) is 1.44. The van der Waals surface area contributed by atoms with E-state index in [1.165, 1.54) is 0 Å². The summed E-state index contributed by atoms with van der Waals surface area (Å²) in [5.41, 5.74) is 0. The Kier molecular flexibility index (Phi) is 3.55. The molecule has 1 aliphatic heterocycles. The van der Waals surface area contributed by atoms with E-state index in [0.29, 0.717) is 6.10 Å². The van der Waals surface area contributed by atoms with E-state index in [4.69, 9.17) is 4.74 Å². The maximum Gasteiger partial charge on any atom is 0.0708 e. The lowest BCUT2D eigenvalue weighted by atomic mass is 10.2. The van der Waals surface area contributed by atoms with Crippen LogP contribution in [0.1, 0.15) is 6.42 Å². The van der Waals surface area contributed by atoms with E-state index in [1.54, 1.807) is 0 Å². The van der Waals surface area contributed by atoms with Gasteiger partial charge < -0.3 is 10.1 Å². The lowest BCUT2D eigenvalue weighted by Gasteiger charge is -2.22. The van der Waals surface area contributed by atoms with Gasteiger partial charge in [0.15, 0.2) is 0 Å². The van der Waals surface area contributed by atoms with E-state index in [0.717, 1.165) is 31.4 Å². The second kappa shape index (κ2) is 4.25. The highest BCUT2D eigenvalue weighted by Gasteiger charge is 2.10. The number of hydrogen-bond donors (Lipinski definition) is 1. The van der Waals surface area contributed by atoms with Gasteiger partial charge in [-0.25, -0.2) is 0 Å². The molecule has 2 nitrogen and oxygen atoms in total. The van der Waals surface area contributed by atoms with Crippen molar-refractivity contribution >= 4 is 15.9 Å². The molecule has 1 heterocycles. The third-order valence-corrected chi connectivity index (χ3v) is 1.89. The van der Waals surface area contributed by atoms with Gasteiger partial charge in [0, 0.05) is 18.4 Å². The van der Waals surface area contributed by atoms with Gasteiger partial charge in [0.1, 0.15) is 0 Å². The summed E-state index contributed by atoms with van der Waals surface area (Å²) < 4.78 is 5.43. The largest absolute Gasteiger partial charge is 0.376 e. The highest BCUT2D eigenvalue weighted by molar-refractivity contribution is 9.09. The van der Waals surface area contributed by atoms with Crippen LogP contribution in [0.15, 0.2) is 0 Å². The minimum atomic E-state index is 0.443. The van der Waals surface area contributed by atoms with Crippen molar-refractivity contribution in [3.05, 3.63) is 0 Å². The normalized spacial score (nSPS) is 28.3. The molecule has 1 atom stereocenters. The van der Waals surface area contributed by atoms with Crippen LogP contribution in [-0.2, 0) is 4.74 Å². The van der Waals surface area contributed by atoms with Crippen molar-refractivity contribution in [3.63, 3.8) is 0 Å². The SMILES string of the molecule is BrCCC1CNCCO1. The van der Waals surface area contributed by atoms with E-state index >= 15 is 0 Å². The molecule has 0 bridgehead atoms. The van der Waals surface area contributed by atoms with Gasteiger partial charge in [0.25, 0.3) is 0 Å². The minimum Gasteiger partial charge on any atom is -0.376 e. The molecule has 9 heavy (non-hydrogen) atoms. The summed E-state index contributed by atoms with van der Waals surface area (Å²) in [7, 11) is 0. The van der Waals surface area contributed by atoms with Crippen LogP contribution in [0, 0.1) is 0 Å². The number of halogens is 1. The van der Waals surface area contributed by atoms with Crippen LogP contribution in [-0.4, -0.2) is 31.1 Å². The first-order valence-corrected chi connectivity index (χ1v) is 4.44. The Bertz CT molecular complexity index is 70.7. The van der Waals surface area contributed by atoms with E-state index in [-0.39, 0.29) is 0 Å². The van der Waals surface area contributed by atoms with Crippen molar-refractivity contribution < 1.29 is 4.74 Å². The molecule has 0 aromatic carbocycles. The molecule has 0 aromatic heterocycles. The second-order valence-corrected chi connectivity index (χ2v) is 2.97. The van der Waals surface area contributed by atoms with E-state index in [1.807, 2.05) is 0 Å². The molecule has 0 spiro atoms. The quantitative estimate of drug-likeness (QED) is 0.655. The topological polar surface area (TPSA) is 21.3 Å². The summed E-state index contributed by atoms with van der Waals surface area (Å²) in [6.45, 7) is 2.90. The standard InChI is InChI=1S/C6H12BrNO/c7-2-1-6-5-8-3-4-9-6/h6,8H,1-5H2. The Morgan fingerprint density at radius 2 is 2.56 bits per heavy atom. The summed E-state index contributed by atoms with van der Waals surface area (Å²) in [6, 6.07) is 0. The van der Waals surface area contributed by atoms with Gasteiger partial charge in [-0.2, -0.15) is 0 Å². The molecule has 1 N–H and O–H groups in total. The van der Waals surface area contributed by atoms with Crippen LogP contribution in [0.25, 0.3) is 0 Å². The number of rotatable bonds is 2. The highest BCUT2D eigenvalue weighted by Crippen LogP contribution is 2.02. The molecule has 1 unspecified atom stereocenters. The molecule has 1 fully saturated rings. The van der Waals surface area contributed by atoms with Crippen molar-refractivity contribution in [1.29, 1.82) is 0 Å². The number of morpholine rings is 1. The van der Waals surface area contributed by atoms with Crippen molar-refractivity contribution in [2.24, 2.45) is 0 Å². The molecule has 1 saturated heterocycles. The van der Waals surface area contributed by atoms with Gasteiger partial charge in [-0.15, -0.1) is 0 Å². The van der Waals surface area contributed by atoms with Gasteiger partial charge >= 0.3 is 0 Å². The second-order valence-electron chi connectivity index (χ2n) is 2.17. The Balaban J connectivity index is 2.08. The van der Waals surface area contributed by atoms with Crippen LogP contribution >= 0.6 is 15.9 Å². The van der Waals surface area contributed by atoms with Gasteiger partial charge in [-0.3, -0.25) is 0 Å². The fourth-order valence-electron chi connectivity index (χ4n) is 0.927. The Morgan fingerprint density at radius 3 is 3.11 bits per heavy atom. The number of ether oxygens (including phenoxy) is 1. The van der Waals surface area contributed by atoms with Crippen molar-refractivity contribution in [2.45, 2.75) is 12.5 Å². The first kappa shape index (κ1) is 7.51. The van der Waals surface area contributed by atoms with Crippen LogP contribution < -0.4 is 5.32 Å². The monoisotopic (exact) mass is 193 g/mol. The molecular weight excluding hydrogens is 182 g/mol. The molecule has 1 rings (SSSR count). The van der Waals surface area contributed by atoms with Crippen LogP contribution in [0.2, 0.25) is 0 Å². The summed E-state index contributed by atoms with van der Waals surface area (Å²) >= 11 is 3.38. The molecule has 0 aromatic rings. The zero-order valence-electron chi connectivity index (χ0n) is 5.40. The fourth-order valence-corrected chi connectivity index (χ4v) is 1.44. The lowest BCUT2D eigenvalue weighted by molar-refractivity contribution is 0.0276. The predicted octanol–water partition coefficient (Wildman–Crippen LogP) is 0.760. The predicted molar refractivity (Wildman–Crippen MR) is 41.0 cm³/mol. The highest BCUT2D eigenvalue weighted by atomic mass is 79.9. The van der Waals surface area contributed by atoms with Crippen LogP contribution in [0.5, 0.6) is 0 Å². The number of hydrogen-bond acceptors (Lipinski definition) is 2. The number of nitrogens with one attached hydrogen (secondary N) is 1. The zero-order valence-corrected chi connectivity index (χ0v) is 6.99. The van der Waals surface area contributed by atoms with Gasteiger partial charge in [-0.05, 0) is 6.42 Å². The Labute approximate surface area is 64.1 Å². The lowest BCUT2D eigenvalue weighted by Crippen LogP contribution is -2.38. The fraction of sp³-hybridized carbons (Fsp3) is 1.00. The summed E-state index contributed by atoms with van der Waals surface area (Å²) in [5, 5.41) is 4.31. The third kappa shape index (κ3) is 2.65. The average Bonchev–Trinajstić information content (AvgIpc) is 1.91. The van der Waals surface area contributed by atoms with Crippen LogP contribution in [0.4, 0.5) is 0 Å². The van der Waals surface area contributed by atoms with Crippen LogP contribution in [0.3, 0.4) is 0 Å². The summed E-state index contributed by atoms with van der Waals surface area (Å²) in [6.07, 6.45) is 1.56. The molecule has 1 aliphatic rings. The number of alkyl halides is 1. The molecule has 3 heteroatoms. The van der Waals surface area contributed by atoms with Crippen molar-refractivity contribution in [2.75, 3.05) is 25.0 Å². The van der Waals surface area contributed by atoms with Gasteiger partial charge in [0.2, 0.25) is 0 Å². The maximum atomic E-state index is 5.43. The molecule has 54 valence electrons. The first-order valence-electron chi connectivity index (χ1n) is 3.32. The van der Waals surface area contributed by atoms with Crippen molar-refractivity contribution in [1.82, 2.24) is 5.32 Å². The smallest absolute Gasteiger partial charge is 0.0708 e. The summed E-state index contributed by atoms with van der Waals surface area (Å²) in [4.78, 5) is 0. The molecule has 0 radical (unpaired) electrons. The molecule has 0 aliphatic carbocycles. The Morgan fingerprint density at radius 1 is 1.67 bits per heavy atom. The molecular formula is C6H12BrNO. The van der Waals surface area contributed by atoms with E-state index in [9.17, 15) is 0 Å². The molecule has 0 saturated carbocycles. The summed E-state index contributed by atoms with van der Waals surface area (Å²) in [5.74, 6) is 0. The van der Waals surface area contributed by atoms with Gasteiger partial charge in [-0.1, -0.05) is 15.9 Å².